The van der Waals surface area contributed by atoms with Crippen LogP contribution in [0.2, 0.25) is 0 Å². The summed E-state index contributed by atoms with van der Waals surface area (Å²) in [5.74, 6) is -0.571. The molecule has 4 radical (unpaired) electrons. The molecule has 3 fully saturated rings. The van der Waals surface area contributed by atoms with Crippen LogP contribution in [0.5, 0.6) is 0 Å². The van der Waals surface area contributed by atoms with Gasteiger partial charge in [0.15, 0.2) is 12.6 Å². The highest BCUT2D eigenvalue weighted by atomic mass is 32.3. The highest BCUT2D eigenvalue weighted by Gasteiger charge is 2.54. The third-order valence-electron chi connectivity index (χ3n) is 10.6. The minimum atomic E-state index is -4.96. The van der Waals surface area contributed by atoms with Gasteiger partial charge >= 0.3 is 10.4 Å². The first kappa shape index (κ1) is 44.0. The van der Waals surface area contributed by atoms with E-state index < -0.39 is 80.2 Å². The Morgan fingerprint density at radius 1 is 0.727 bits per heavy atom. The second-order valence-electron chi connectivity index (χ2n) is 14.4. The molecule has 15 atom stereocenters. The molecule has 19 heteroatoms. The molecule has 3 saturated heterocycles. The fraction of sp³-hybridized carbons (Fsp3) is 0.667. The largest absolute Gasteiger partial charge is 0.397 e. The van der Waals surface area contributed by atoms with Crippen LogP contribution < -0.4 is 0 Å². The maximum atomic E-state index is 11.9. The summed E-state index contributed by atoms with van der Waals surface area (Å²) in [4.78, 5) is 3.07. The highest BCUT2D eigenvalue weighted by molar-refractivity contribution is 7.97. The molecular weight excluding hydrogens is 751 g/mol. The van der Waals surface area contributed by atoms with E-state index in [2.05, 4.69) is 10.0 Å². The van der Waals surface area contributed by atoms with E-state index in [0.29, 0.717) is 6.61 Å². The normalized spacial score (nSPS) is 37.0. The summed E-state index contributed by atoms with van der Waals surface area (Å²) in [5, 5.41) is 4.02. The molecule has 0 aliphatic carbocycles. The summed E-state index contributed by atoms with van der Waals surface area (Å²) >= 11 is 0. The topological polar surface area (TPSA) is 186 Å². The molecule has 8 unspecified atom stereocenters. The van der Waals surface area contributed by atoms with Crippen LogP contribution in [0.25, 0.3) is 10.4 Å². The molecule has 1 N–H and O–H groups in total. The van der Waals surface area contributed by atoms with Crippen LogP contribution in [-0.4, -0.2) is 108 Å². The second kappa shape index (κ2) is 20.0. The van der Waals surface area contributed by atoms with Gasteiger partial charge in [-0.25, -0.2) is 4.18 Å². The van der Waals surface area contributed by atoms with Crippen molar-refractivity contribution in [3.8, 4) is 0 Å². The highest BCUT2D eigenvalue weighted by Crippen LogP contribution is 2.42. The van der Waals surface area contributed by atoms with Gasteiger partial charge in [0.25, 0.3) is 0 Å². The summed E-state index contributed by atoms with van der Waals surface area (Å²) in [6.07, 6.45) is -8.95. The molecule has 3 aliphatic rings. The molecule has 3 aliphatic heterocycles. The summed E-state index contributed by atoms with van der Waals surface area (Å²) < 4.78 is 89.4. The van der Waals surface area contributed by atoms with E-state index >= 15 is 0 Å². The monoisotopic (exact) mass is 801 g/mol. The van der Waals surface area contributed by atoms with Crippen molar-refractivity contribution >= 4 is 33.4 Å². The van der Waals surface area contributed by atoms with E-state index in [0.717, 1.165) is 11.1 Å². The number of benzene rings is 2. The third-order valence-corrected chi connectivity index (χ3v) is 11.5. The molecule has 0 saturated carbocycles. The number of ether oxygens (including phenoxy) is 7. The van der Waals surface area contributed by atoms with Gasteiger partial charge in [0, 0.05) is 22.7 Å². The van der Waals surface area contributed by atoms with Crippen LogP contribution in [0, 0.1) is 17.8 Å². The summed E-state index contributed by atoms with van der Waals surface area (Å²) in [6.45, 7) is 11.5. The van der Waals surface area contributed by atoms with Crippen LogP contribution >= 0.6 is 7.91 Å². The molecule has 2 aromatic carbocycles. The number of rotatable bonds is 16. The Balaban J connectivity index is 1.45. The van der Waals surface area contributed by atoms with Crippen LogP contribution in [0.3, 0.4) is 0 Å². The molecule has 15 nitrogen and oxygen atoms in total. The maximum Gasteiger partial charge on any atom is 0.397 e. The smallest absolute Gasteiger partial charge is 0.374 e. The molecule has 0 bridgehead atoms. The summed E-state index contributed by atoms with van der Waals surface area (Å²) in [7, 11) is 5.00. The molecule has 5 rings (SSSR count). The maximum absolute atomic E-state index is 11.9. The van der Waals surface area contributed by atoms with Gasteiger partial charge in [0.2, 0.25) is 0 Å². The van der Waals surface area contributed by atoms with Gasteiger partial charge in [-0.05, 0) is 37.4 Å². The van der Waals surface area contributed by atoms with E-state index in [4.69, 9.17) is 57.0 Å². The lowest BCUT2D eigenvalue weighted by atomic mass is 9.86. The van der Waals surface area contributed by atoms with Crippen LogP contribution in [0.15, 0.2) is 65.8 Å². The van der Waals surface area contributed by atoms with Crippen molar-refractivity contribution < 1.29 is 54.8 Å². The molecular formula is C36H50B2N3O12PS. The van der Waals surface area contributed by atoms with E-state index in [-0.39, 0.29) is 42.7 Å². The minimum Gasteiger partial charge on any atom is -0.374 e. The first-order valence-electron chi connectivity index (χ1n) is 18.4. The van der Waals surface area contributed by atoms with Gasteiger partial charge in [-0.3, -0.25) is 4.55 Å². The zero-order valence-corrected chi connectivity index (χ0v) is 33.6. The second-order valence-corrected chi connectivity index (χ2v) is 16.5. The first-order valence-corrected chi connectivity index (χ1v) is 21.1. The molecule has 3 heterocycles. The summed E-state index contributed by atoms with van der Waals surface area (Å²) in [5.41, 5.74) is 11.8. The first-order chi connectivity index (χ1) is 26.2. The minimum absolute atomic E-state index is 0.0385. The number of hydrogen-bond acceptors (Lipinski definition) is 12. The van der Waals surface area contributed by atoms with Gasteiger partial charge < -0.3 is 37.7 Å². The van der Waals surface area contributed by atoms with Crippen LogP contribution in [-0.2, 0) is 65.5 Å². The Kier molecular flexibility index (Phi) is 16.0. The SMILES string of the molecule is [B]P([B])O[C@@H]1C(N=[N+]=[N-])[C@@H](OC2C(C)O[C@@H](C)C(C)[C@@H]2OCc2ccccc2)OC(COS(=O)(=O)O)[C@H]1O[C@@H]1OC(C)C(C)[C@@H](OCc2ccccc2)C1C. The molecule has 2 aromatic rings. The third kappa shape index (κ3) is 11.7. The summed E-state index contributed by atoms with van der Waals surface area (Å²) in [6, 6.07) is 18.1. The van der Waals surface area contributed by atoms with Gasteiger partial charge in [0.1, 0.15) is 45.6 Å². The predicted octanol–water partition coefficient (Wildman–Crippen LogP) is 5.56. The lowest BCUT2D eigenvalue weighted by molar-refractivity contribution is -0.343. The van der Waals surface area contributed by atoms with Gasteiger partial charge in [-0.15, -0.1) is 0 Å². The predicted molar refractivity (Wildman–Crippen MR) is 204 cm³/mol. The Morgan fingerprint density at radius 3 is 1.84 bits per heavy atom. The fourth-order valence-electron chi connectivity index (χ4n) is 7.37. The lowest BCUT2D eigenvalue weighted by Crippen LogP contribution is -2.64. The van der Waals surface area contributed by atoms with Crippen LogP contribution in [0.1, 0.15) is 52.7 Å². The molecule has 0 amide bonds. The molecule has 0 spiro atoms. The lowest BCUT2D eigenvalue weighted by Gasteiger charge is -2.51. The van der Waals surface area contributed by atoms with Crippen LogP contribution in [0.4, 0.5) is 0 Å². The number of hydrogen-bond donors (Lipinski definition) is 1. The Morgan fingerprint density at radius 2 is 1.27 bits per heavy atom. The molecule has 55 heavy (non-hydrogen) atoms. The van der Waals surface area contributed by atoms with E-state index in [9.17, 15) is 18.5 Å². The number of nitrogens with zero attached hydrogens (tertiary/aromatic N) is 3. The Bertz CT molecular complexity index is 1650. The molecule has 0 aromatic heterocycles. The Hall–Kier alpha value is -2.14. The standard InChI is InChI=1S/C36H50B2N3O12PS/c1-20-24(5)49-35(22(3)30(20)45-17-26-13-9-7-10-14-26)52-33-28(19-47-55(42,43)44)50-36(29(40-41-39)34(33)53-54(37)38)51-32-25(6)48-23(4)21(2)31(32)46-18-27-15-11-8-12-16-27/h7-16,20-25,28-36H,17-19H2,1-6H3,(H,42,43,44)/t20?,21?,22?,23-,24?,25?,28?,29?,30+,31-,32?,33+,34+,35-,36+/m0/s1. The van der Waals surface area contributed by atoms with Crippen molar-refractivity contribution in [2.24, 2.45) is 22.9 Å². The Labute approximate surface area is 327 Å². The average Bonchev–Trinajstić information content (AvgIpc) is 3.14. The van der Waals surface area contributed by atoms with Crippen molar-refractivity contribution in [3.63, 3.8) is 0 Å². The van der Waals surface area contributed by atoms with Crippen molar-refractivity contribution in [1.29, 1.82) is 0 Å². The quantitative estimate of drug-likeness (QED) is 0.0557. The van der Waals surface area contributed by atoms with Gasteiger partial charge in [-0.2, -0.15) is 8.42 Å². The molecule has 298 valence electrons. The van der Waals surface area contributed by atoms with Gasteiger partial charge in [-0.1, -0.05) is 94.5 Å². The van der Waals surface area contributed by atoms with Gasteiger partial charge in [0.05, 0.1) is 50.3 Å². The zero-order chi connectivity index (χ0) is 39.9. The zero-order valence-electron chi connectivity index (χ0n) is 31.8. The van der Waals surface area contributed by atoms with Crippen molar-refractivity contribution in [2.45, 2.75) is 128 Å². The number of azide groups is 1. The van der Waals surface area contributed by atoms with E-state index in [1.165, 1.54) is 0 Å². The van der Waals surface area contributed by atoms with E-state index in [1.54, 1.807) is 0 Å². The van der Waals surface area contributed by atoms with Crippen molar-refractivity contribution in [1.82, 2.24) is 0 Å². The van der Waals surface area contributed by atoms with Crippen molar-refractivity contribution in [2.75, 3.05) is 6.61 Å². The van der Waals surface area contributed by atoms with Crippen molar-refractivity contribution in [3.05, 3.63) is 82.2 Å². The fourth-order valence-corrected chi connectivity index (χ4v) is 8.20. The average molecular weight is 801 g/mol. The van der Waals surface area contributed by atoms with E-state index in [1.807, 2.05) is 102 Å².